The van der Waals surface area contributed by atoms with Crippen LogP contribution in [0.1, 0.15) is 18.3 Å². The Morgan fingerprint density at radius 2 is 2.10 bits per heavy atom. The fraction of sp³-hybridized carbons (Fsp3) is 0.385. The number of sulfonamides is 1. The molecule has 0 aliphatic heterocycles. The Bertz CT molecular complexity index is 696. The number of hydrogen-bond donors (Lipinski definition) is 2. The molecule has 0 saturated heterocycles. The van der Waals surface area contributed by atoms with Crippen LogP contribution in [0.25, 0.3) is 0 Å². The van der Waals surface area contributed by atoms with Crippen LogP contribution >= 0.6 is 0 Å². The molecule has 0 atom stereocenters. The molecule has 1 heterocycles. The van der Waals surface area contributed by atoms with Crippen LogP contribution in [0.2, 0.25) is 0 Å². The summed E-state index contributed by atoms with van der Waals surface area (Å²) in [5.74, 6) is 0.590. The van der Waals surface area contributed by atoms with Gasteiger partial charge in [0, 0.05) is 13.1 Å². The van der Waals surface area contributed by atoms with Gasteiger partial charge < -0.3 is 9.88 Å². The predicted octanol–water partition coefficient (Wildman–Crippen LogP) is 0.496. The molecule has 0 unspecified atom stereocenters. The maximum atomic E-state index is 12.3. The average Bonchev–Trinajstić information content (AvgIpc) is 2.93. The summed E-state index contributed by atoms with van der Waals surface area (Å²) >= 11 is 0. The van der Waals surface area contributed by atoms with Crippen molar-refractivity contribution in [3.05, 3.63) is 42.0 Å². The normalized spacial score (nSPS) is 11.7. The van der Waals surface area contributed by atoms with Crippen LogP contribution in [0.15, 0.2) is 35.5 Å². The summed E-state index contributed by atoms with van der Waals surface area (Å²) in [5, 5.41) is 10.7. The maximum Gasteiger partial charge on any atom is 0.240 e. The zero-order chi connectivity index (χ0) is 15.3. The van der Waals surface area contributed by atoms with Crippen molar-refractivity contribution in [2.75, 3.05) is 7.05 Å². The van der Waals surface area contributed by atoms with E-state index in [2.05, 4.69) is 20.2 Å². The lowest BCUT2D eigenvalue weighted by atomic mass is 10.2. The van der Waals surface area contributed by atoms with Crippen LogP contribution in [-0.2, 0) is 29.7 Å². The highest BCUT2D eigenvalue weighted by Gasteiger charge is 2.15. The van der Waals surface area contributed by atoms with Crippen LogP contribution in [0, 0.1) is 0 Å². The van der Waals surface area contributed by atoms with Gasteiger partial charge >= 0.3 is 0 Å². The molecule has 2 aromatic rings. The second-order valence-corrected chi connectivity index (χ2v) is 6.30. The van der Waals surface area contributed by atoms with Crippen molar-refractivity contribution >= 4 is 10.0 Å². The lowest BCUT2D eigenvalue weighted by Crippen LogP contribution is -2.25. The Labute approximate surface area is 124 Å². The first kappa shape index (κ1) is 15.6. The Morgan fingerprint density at radius 3 is 2.81 bits per heavy atom. The van der Waals surface area contributed by atoms with Crippen molar-refractivity contribution in [3.8, 4) is 0 Å². The molecule has 2 rings (SSSR count). The van der Waals surface area contributed by atoms with Crippen LogP contribution in [0.5, 0.6) is 0 Å². The van der Waals surface area contributed by atoms with Crippen molar-refractivity contribution in [2.45, 2.75) is 31.5 Å². The monoisotopic (exact) mass is 309 g/mol. The molecule has 21 heavy (non-hydrogen) atoms. The molecule has 0 saturated carbocycles. The molecule has 7 nitrogen and oxygen atoms in total. The second kappa shape index (κ2) is 6.79. The van der Waals surface area contributed by atoms with E-state index in [1.165, 1.54) is 0 Å². The minimum absolute atomic E-state index is 0.117. The molecule has 1 aromatic heterocycles. The largest absolute Gasteiger partial charge is 0.317 e. The molecule has 2 N–H and O–H groups in total. The van der Waals surface area contributed by atoms with E-state index in [-0.39, 0.29) is 11.4 Å². The minimum Gasteiger partial charge on any atom is -0.317 e. The number of nitrogens with zero attached hydrogens (tertiary/aromatic N) is 3. The van der Waals surface area contributed by atoms with Gasteiger partial charge in [0.05, 0.1) is 11.4 Å². The van der Waals surface area contributed by atoms with E-state index in [9.17, 15) is 8.42 Å². The quantitative estimate of drug-likeness (QED) is 0.777. The third kappa shape index (κ3) is 3.87. The van der Waals surface area contributed by atoms with Gasteiger partial charge in [0.25, 0.3) is 0 Å². The first-order valence-corrected chi connectivity index (χ1v) is 8.15. The van der Waals surface area contributed by atoms with Gasteiger partial charge in [0.15, 0.2) is 0 Å². The van der Waals surface area contributed by atoms with Gasteiger partial charge in [0.2, 0.25) is 10.0 Å². The molecule has 0 spiro atoms. The molecule has 0 radical (unpaired) electrons. The number of hydrogen-bond acceptors (Lipinski definition) is 5. The van der Waals surface area contributed by atoms with E-state index in [0.29, 0.717) is 18.9 Å². The molecule has 0 bridgehead atoms. The van der Waals surface area contributed by atoms with E-state index in [1.54, 1.807) is 29.1 Å². The standard InChI is InChI=1S/C13H19N5O2S/c1-3-18-10-15-17-13(18)9-16-21(19,20)12-6-4-5-11(7-12)8-14-2/h4-7,10,14,16H,3,8-9H2,1-2H3. The van der Waals surface area contributed by atoms with Crippen molar-refractivity contribution in [1.82, 2.24) is 24.8 Å². The second-order valence-electron chi connectivity index (χ2n) is 4.54. The SMILES string of the molecule is CCn1cnnc1CNS(=O)(=O)c1cccc(CNC)c1. The lowest BCUT2D eigenvalue weighted by molar-refractivity contribution is 0.575. The number of rotatable bonds is 7. The Kier molecular flexibility index (Phi) is 5.05. The molecule has 0 aliphatic rings. The van der Waals surface area contributed by atoms with Crippen LogP contribution < -0.4 is 10.0 Å². The average molecular weight is 309 g/mol. The van der Waals surface area contributed by atoms with E-state index in [4.69, 9.17) is 0 Å². The molecule has 0 aliphatic carbocycles. The Hall–Kier alpha value is -1.77. The number of benzene rings is 1. The first-order chi connectivity index (χ1) is 10.1. The summed E-state index contributed by atoms with van der Waals surface area (Å²) in [7, 11) is -1.74. The van der Waals surface area contributed by atoms with Gasteiger partial charge in [-0.15, -0.1) is 10.2 Å². The van der Waals surface area contributed by atoms with Gasteiger partial charge in [0.1, 0.15) is 12.2 Å². The highest BCUT2D eigenvalue weighted by molar-refractivity contribution is 7.89. The fourth-order valence-electron chi connectivity index (χ4n) is 1.95. The number of nitrogens with one attached hydrogen (secondary N) is 2. The molecule has 1 aromatic carbocycles. The fourth-order valence-corrected chi connectivity index (χ4v) is 3.00. The van der Waals surface area contributed by atoms with Gasteiger partial charge in [-0.2, -0.15) is 0 Å². The highest BCUT2D eigenvalue weighted by Crippen LogP contribution is 2.12. The van der Waals surface area contributed by atoms with E-state index < -0.39 is 10.0 Å². The maximum absolute atomic E-state index is 12.3. The highest BCUT2D eigenvalue weighted by atomic mass is 32.2. The van der Waals surface area contributed by atoms with Crippen molar-refractivity contribution < 1.29 is 8.42 Å². The zero-order valence-corrected chi connectivity index (χ0v) is 12.9. The number of aryl methyl sites for hydroxylation is 1. The molecular weight excluding hydrogens is 290 g/mol. The third-order valence-electron chi connectivity index (χ3n) is 3.05. The van der Waals surface area contributed by atoms with Gasteiger partial charge in [-0.1, -0.05) is 12.1 Å². The van der Waals surface area contributed by atoms with Gasteiger partial charge in [-0.05, 0) is 31.7 Å². The van der Waals surface area contributed by atoms with E-state index in [1.807, 2.05) is 20.0 Å². The first-order valence-electron chi connectivity index (χ1n) is 6.66. The molecular formula is C13H19N5O2S. The lowest BCUT2D eigenvalue weighted by Gasteiger charge is -2.08. The smallest absolute Gasteiger partial charge is 0.240 e. The third-order valence-corrected chi connectivity index (χ3v) is 4.45. The zero-order valence-electron chi connectivity index (χ0n) is 12.1. The summed E-state index contributed by atoms with van der Waals surface area (Å²) < 4.78 is 28.9. The van der Waals surface area contributed by atoms with Gasteiger partial charge in [-0.25, -0.2) is 13.1 Å². The predicted molar refractivity (Wildman–Crippen MR) is 78.9 cm³/mol. The van der Waals surface area contributed by atoms with Crippen molar-refractivity contribution in [2.24, 2.45) is 0 Å². The summed E-state index contributed by atoms with van der Waals surface area (Å²) in [6, 6.07) is 6.84. The van der Waals surface area contributed by atoms with Crippen molar-refractivity contribution in [3.63, 3.8) is 0 Å². The number of aromatic nitrogens is 3. The van der Waals surface area contributed by atoms with Crippen LogP contribution in [0.3, 0.4) is 0 Å². The summed E-state index contributed by atoms with van der Waals surface area (Å²) in [6.45, 7) is 3.38. The van der Waals surface area contributed by atoms with Crippen LogP contribution in [-0.4, -0.2) is 30.2 Å². The molecule has 114 valence electrons. The molecule has 0 amide bonds. The van der Waals surface area contributed by atoms with E-state index >= 15 is 0 Å². The van der Waals surface area contributed by atoms with Crippen molar-refractivity contribution in [1.29, 1.82) is 0 Å². The Balaban J connectivity index is 2.13. The molecule has 0 fully saturated rings. The molecule has 8 heteroatoms. The minimum atomic E-state index is -3.56. The van der Waals surface area contributed by atoms with Gasteiger partial charge in [-0.3, -0.25) is 0 Å². The van der Waals surface area contributed by atoms with E-state index in [0.717, 1.165) is 5.56 Å². The van der Waals surface area contributed by atoms with Crippen LogP contribution in [0.4, 0.5) is 0 Å². The summed E-state index contributed by atoms with van der Waals surface area (Å²) in [6.07, 6.45) is 1.58. The Morgan fingerprint density at radius 1 is 1.29 bits per heavy atom. The summed E-state index contributed by atoms with van der Waals surface area (Å²) in [4.78, 5) is 0.248. The summed E-state index contributed by atoms with van der Waals surface area (Å²) in [5.41, 5.74) is 0.914. The topological polar surface area (TPSA) is 88.9 Å².